The van der Waals surface area contributed by atoms with Crippen molar-refractivity contribution in [1.82, 2.24) is 10.6 Å². The molecule has 0 fully saturated rings. The first-order chi connectivity index (χ1) is 16.0. The molecule has 168 valence electrons. The van der Waals surface area contributed by atoms with Gasteiger partial charge in [0.1, 0.15) is 6.61 Å². The van der Waals surface area contributed by atoms with Gasteiger partial charge in [-0.3, -0.25) is 4.79 Å². The zero-order valence-electron chi connectivity index (χ0n) is 18.4. The number of anilines is 1. The molecule has 3 aromatic rings. The molecule has 7 nitrogen and oxygen atoms in total. The van der Waals surface area contributed by atoms with E-state index in [1.807, 2.05) is 54.6 Å². The number of allylic oxidation sites excluding steroid dienone is 1. The van der Waals surface area contributed by atoms with E-state index in [9.17, 15) is 9.59 Å². The second-order valence-electron chi connectivity index (χ2n) is 7.57. The molecule has 33 heavy (non-hydrogen) atoms. The number of urea groups is 1. The number of para-hydroxylation sites is 1. The van der Waals surface area contributed by atoms with E-state index in [-0.39, 0.29) is 11.9 Å². The number of hydrogen-bond acceptors (Lipinski definition) is 4. The zero-order chi connectivity index (χ0) is 23.2. The largest absolute Gasteiger partial charge is 0.493 e. The Hall–Kier alpha value is -4.26. The third-order valence-corrected chi connectivity index (χ3v) is 5.30. The van der Waals surface area contributed by atoms with Gasteiger partial charge in [-0.25, -0.2) is 4.79 Å². The van der Waals surface area contributed by atoms with Gasteiger partial charge < -0.3 is 25.4 Å². The highest BCUT2D eigenvalue weighted by atomic mass is 16.5. The molecule has 1 atom stereocenters. The Morgan fingerprint density at radius 1 is 0.970 bits per heavy atom. The molecule has 0 unspecified atom stereocenters. The van der Waals surface area contributed by atoms with Crippen LogP contribution in [0.2, 0.25) is 0 Å². The first-order valence-electron chi connectivity index (χ1n) is 10.5. The SMILES string of the molecule is COc1ccc([C@H]2NC(=O)NC(C)=C2C(=O)Nc2ccccc2)cc1OCc1ccccc1. The minimum absolute atomic E-state index is 0.307. The van der Waals surface area contributed by atoms with Crippen molar-refractivity contribution in [2.45, 2.75) is 19.6 Å². The average Bonchev–Trinajstić information content (AvgIpc) is 2.83. The third kappa shape index (κ3) is 5.15. The second kappa shape index (κ2) is 9.91. The summed E-state index contributed by atoms with van der Waals surface area (Å²) in [5.74, 6) is 0.775. The third-order valence-electron chi connectivity index (χ3n) is 5.30. The molecule has 0 saturated carbocycles. The van der Waals surface area contributed by atoms with Gasteiger partial charge in [0.15, 0.2) is 11.5 Å². The van der Waals surface area contributed by atoms with Crippen LogP contribution in [0.4, 0.5) is 10.5 Å². The Labute approximate surface area is 192 Å². The first kappa shape index (κ1) is 22.0. The molecule has 3 aromatic carbocycles. The lowest BCUT2D eigenvalue weighted by atomic mass is 9.94. The zero-order valence-corrected chi connectivity index (χ0v) is 18.4. The topological polar surface area (TPSA) is 88.7 Å². The number of carbonyl (C=O) groups excluding carboxylic acids is 2. The molecule has 4 rings (SSSR count). The number of rotatable bonds is 7. The van der Waals surface area contributed by atoms with Gasteiger partial charge in [-0.2, -0.15) is 0 Å². The lowest BCUT2D eigenvalue weighted by Gasteiger charge is -2.29. The van der Waals surface area contributed by atoms with E-state index < -0.39 is 6.04 Å². The van der Waals surface area contributed by atoms with Gasteiger partial charge in [-0.1, -0.05) is 54.6 Å². The van der Waals surface area contributed by atoms with Gasteiger partial charge in [-0.15, -0.1) is 0 Å². The minimum Gasteiger partial charge on any atom is -0.493 e. The summed E-state index contributed by atoms with van der Waals surface area (Å²) in [5, 5.41) is 8.44. The van der Waals surface area contributed by atoms with Crippen LogP contribution in [0.1, 0.15) is 24.1 Å². The van der Waals surface area contributed by atoms with Crippen LogP contribution in [0.5, 0.6) is 11.5 Å². The summed E-state index contributed by atoms with van der Waals surface area (Å²) in [6.45, 7) is 2.07. The Morgan fingerprint density at radius 3 is 2.36 bits per heavy atom. The predicted octanol–water partition coefficient (Wildman–Crippen LogP) is 4.54. The molecular weight excluding hydrogens is 418 g/mol. The fourth-order valence-corrected chi connectivity index (χ4v) is 3.69. The quantitative estimate of drug-likeness (QED) is 0.500. The summed E-state index contributed by atoms with van der Waals surface area (Å²) in [6.07, 6.45) is 0. The summed E-state index contributed by atoms with van der Waals surface area (Å²) >= 11 is 0. The highest BCUT2D eigenvalue weighted by molar-refractivity contribution is 6.06. The summed E-state index contributed by atoms with van der Waals surface area (Å²) in [4.78, 5) is 25.4. The maximum Gasteiger partial charge on any atom is 0.319 e. The maximum atomic E-state index is 13.2. The summed E-state index contributed by atoms with van der Waals surface area (Å²) < 4.78 is 11.5. The van der Waals surface area contributed by atoms with Crippen LogP contribution in [0.15, 0.2) is 90.1 Å². The van der Waals surface area contributed by atoms with Gasteiger partial charge in [0.2, 0.25) is 0 Å². The highest BCUT2D eigenvalue weighted by Crippen LogP contribution is 2.35. The summed E-state index contributed by atoms with van der Waals surface area (Å²) in [5.41, 5.74) is 3.28. The summed E-state index contributed by atoms with van der Waals surface area (Å²) in [6, 6.07) is 23.3. The van der Waals surface area contributed by atoms with Crippen molar-refractivity contribution in [3.8, 4) is 11.5 Å². The molecular formula is C26H25N3O4. The Morgan fingerprint density at radius 2 is 1.67 bits per heavy atom. The molecule has 1 aliphatic heterocycles. The number of carbonyl (C=O) groups is 2. The molecule has 0 saturated heterocycles. The van der Waals surface area contributed by atoms with E-state index in [2.05, 4.69) is 16.0 Å². The predicted molar refractivity (Wildman–Crippen MR) is 126 cm³/mol. The molecule has 1 heterocycles. The molecule has 3 amide bonds. The standard InChI is InChI=1S/C26H25N3O4/c1-17-23(25(30)28-20-11-7-4-8-12-20)24(29-26(31)27-17)19-13-14-21(32-2)22(15-19)33-16-18-9-5-3-6-10-18/h3-15,24H,16H2,1-2H3,(H,28,30)(H2,27,29,31)/t24-/m1/s1. The number of amides is 3. The molecule has 3 N–H and O–H groups in total. The van der Waals surface area contributed by atoms with Gasteiger partial charge in [-0.05, 0) is 42.3 Å². The Balaban J connectivity index is 1.64. The number of ether oxygens (including phenoxy) is 2. The fraction of sp³-hybridized carbons (Fsp3) is 0.154. The van der Waals surface area contributed by atoms with Crippen molar-refractivity contribution in [3.63, 3.8) is 0 Å². The van der Waals surface area contributed by atoms with Gasteiger partial charge in [0.25, 0.3) is 5.91 Å². The monoisotopic (exact) mass is 443 g/mol. The van der Waals surface area contributed by atoms with Crippen LogP contribution in [0, 0.1) is 0 Å². The van der Waals surface area contributed by atoms with Gasteiger partial charge in [0, 0.05) is 11.4 Å². The number of methoxy groups -OCH3 is 1. The molecule has 0 bridgehead atoms. The van der Waals surface area contributed by atoms with E-state index in [1.54, 1.807) is 38.3 Å². The highest BCUT2D eigenvalue weighted by Gasteiger charge is 2.31. The second-order valence-corrected chi connectivity index (χ2v) is 7.57. The van der Waals surface area contributed by atoms with Crippen molar-refractivity contribution in [2.24, 2.45) is 0 Å². The van der Waals surface area contributed by atoms with Gasteiger partial charge >= 0.3 is 6.03 Å². The van der Waals surface area contributed by atoms with E-state index >= 15 is 0 Å². The van der Waals surface area contributed by atoms with Crippen LogP contribution < -0.4 is 25.4 Å². The molecule has 0 spiro atoms. The number of hydrogen-bond donors (Lipinski definition) is 3. The average molecular weight is 444 g/mol. The Bertz CT molecular complexity index is 1180. The van der Waals surface area contributed by atoms with Crippen molar-refractivity contribution >= 4 is 17.6 Å². The molecule has 7 heteroatoms. The van der Waals surface area contributed by atoms with Crippen molar-refractivity contribution in [3.05, 3.63) is 101 Å². The van der Waals surface area contributed by atoms with Crippen LogP contribution >= 0.6 is 0 Å². The first-order valence-corrected chi connectivity index (χ1v) is 10.5. The lowest BCUT2D eigenvalue weighted by molar-refractivity contribution is -0.113. The molecule has 0 radical (unpaired) electrons. The lowest BCUT2D eigenvalue weighted by Crippen LogP contribution is -2.46. The van der Waals surface area contributed by atoms with Crippen molar-refractivity contribution in [2.75, 3.05) is 12.4 Å². The normalized spacial score (nSPS) is 15.3. The smallest absolute Gasteiger partial charge is 0.319 e. The van der Waals surface area contributed by atoms with Crippen LogP contribution in [0.25, 0.3) is 0 Å². The fourth-order valence-electron chi connectivity index (χ4n) is 3.69. The Kier molecular flexibility index (Phi) is 6.59. The van der Waals surface area contributed by atoms with E-state index in [0.29, 0.717) is 40.6 Å². The van der Waals surface area contributed by atoms with Crippen LogP contribution in [-0.2, 0) is 11.4 Å². The number of benzene rings is 3. The van der Waals surface area contributed by atoms with E-state index in [4.69, 9.17) is 9.47 Å². The van der Waals surface area contributed by atoms with Crippen LogP contribution in [-0.4, -0.2) is 19.0 Å². The summed E-state index contributed by atoms with van der Waals surface area (Å²) in [7, 11) is 1.57. The molecule has 0 aromatic heterocycles. The molecule has 1 aliphatic rings. The minimum atomic E-state index is -0.660. The van der Waals surface area contributed by atoms with Gasteiger partial charge in [0.05, 0.1) is 18.7 Å². The van der Waals surface area contributed by atoms with E-state index in [0.717, 1.165) is 5.56 Å². The van der Waals surface area contributed by atoms with Crippen LogP contribution in [0.3, 0.4) is 0 Å². The molecule has 0 aliphatic carbocycles. The van der Waals surface area contributed by atoms with E-state index in [1.165, 1.54) is 0 Å². The van der Waals surface area contributed by atoms with Crippen molar-refractivity contribution in [1.29, 1.82) is 0 Å². The maximum absolute atomic E-state index is 13.2. The number of nitrogens with one attached hydrogen (secondary N) is 3. The van der Waals surface area contributed by atoms with Crippen molar-refractivity contribution < 1.29 is 19.1 Å².